The maximum atomic E-state index is 13.5. The monoisotopic (exact) mass is 431 g/mol. The average Bonchev–Trinajstić information content (AvgIpc) is 3.24. The summed E-state index contributed by atoms with van der Waals surface area (Å²) in [6.07, 6.45) is 5.65. The first-order chi connectivity index (χ1) is 15.4. The van der Waals surface area contributed by atoms with Gasteiger partial charge in [-0.25, -0.2) is 4.98 Å². The minimum absolute atomic E-state index is 0.0443. The number of fused-ring (bicyclic) bond motifs is 1. The van der Waals surface area contributed by atoms with E-state index in [-0.39, 0.29) is 17.4 Å². The standard InChI is InChI=1S/C24H29N7O/c1-4-11-30-14-26-29-22(30)18-7-6-8-20(27-18)31-13-16-15(23(31)32)12-19(24(3)9-10-24)28-21(16)17(25)5-2/h6-8,12,14,17H,4-5,9-11,13,25H2,1-3H3. The van der Waals surface area contributed by atoms with Crippen molar-refractivity contribution < 1.29 is 4.79 Å². The smallest absolute Gasteiger partial charge is 0.260 e. The fourth-order valence-corrected chi connectivity index (χ4v) is 4.32. The first-order valence-electron chi connectivity index (χ1n) is 11.4. The Hall–Kier alpha value is -3.13. The van der Waals surface area contributed by atoms with Gasteiger partial charge in [-0.15, -0.1) is 10.2 Å². The molecule has 2 aliphatic rings. The number of hydrogen-bond donors (Lipinski definition) is 1. The lowest BCUT2D eigenvalue weighted by atomic mass is 9.96. The highest BCUT2D eigenvalue weighted by Crippen LogP contribution is 2.48. The van der Waals surface area contributed by atoms with Crippen LogP contribution >= 0.6 is 0 Å². The van der Waals surface area contributed by atoms with Gasteiger partial charge in [0.15, 0.2) is 5.82 Å². The number of hydrogen-bond acceptors (Lipinski definition) is 6. The molecule has 5 rings (SSSR count). The van der Waals surface area contributed by atoms with Crippen LogP contribution in [0.2, 0.25) is 0 Å². The van der Waals surface area contributed by atoms with Gasteiger partial charge in [0.25, 0.3) is 5.91 Å². The molecule has 3 aromatic rings. The molecule has 1 aliphatic heterocycles. The fraction of sp³-hybridized carbons (Fsp3) is 0.458. The Labute approximate surface area is 187 Å². The maximum absolute atomic E-state index is 13.5. The van der Waals surface area contributed by atoms with E-state index in [1.165, 1.54) is 0 Å². The summed E-state index contributed by atoms with van der Waals surface area (Å²) >= 11 is 0. The van der Waals surface area contributed by atoms with Crippen LogP contribution in [0.25, 0.3) is 11.5 Å². The third-order valence-electron chi connectivity index (χ3n) is 6.68. The number of nitrogens with zero attached hydrogens (tertiary/aromatic N) is 6. The molecular weight excluding hydrogens is 402 g/mol. The number of pyridine rings is 2. The Kier molecular flexibility index (Phi) is 5.04. The molecule has 0 aromatic carbocycles. The SMILES string of the molecule is CCCn1cnnc1-c1cccc(N2Cc3c(cc(C4(C)CC4)nc3C(N)CC)C2=O)n1. The molecule has 1 saturated carbocycles. The predicted molar refractivity (Wildman–Crippen MR) is 122 cm³/mol. The molecule has 8 nitrogen and oxygen atoms in total. The maximum Gasteiger partial charge on any atom is 0.260 e. The predicted octanol–water partition coefficient (Wildman–Crippen LogP) is 3.77. The first-order valence-corrected chi connectivity index (χ1v) is 11.4. The second kappa shape index (κ2) is 7.78. The fourth-order valence-electron chi connectivity index (χ4n) is 4.32. The Morgan fingerprint density at radius 3 is 2.75 bits per heavy atom. The Bertz CT molecular complexity index is 1180. The molecule has 0 spiro atoms. The lowest BCUT2D eigenvalue weighted by Crippen LogP contribution is -2.24. The van der Waals surface area contributed by atoms with Crippen LogP contribution in [0.15, 0.2) is 30.6 Å². The number of aryl methyl sites for hydroxylation is 1. The highest BCUT2D eigenvalue weighted by atomic mass is 16.2. The minimum atomic E-state index is -0.189. The zero-order chi connectivity index (χ0) is 22.5. The average molecular weight is 432 g/mol. The summed E-state index contributed by atoms with van der Waals surface area (Å²) in [5, 5.41) is 8.29. The Morgan fingerprint density at radius 1 is 1.22 bits per heavy atom. The van der Waals surface area contributed by atoms with Gasteiger partial charge in [0.1, 0.15) is 17.8 Å². The number of rotatable bonds is 7. The van der Waals surface area contributed by atoms with Crippen molar-refractivity contribution in [2.24, 2.45) is 5.73 Å². The zero-order valence-corrected chi connectivity index (χ0v) is 18.9. The van der Waals surface area contributed by atoms with Crippen molar-refractivity contribution in [2.75, 3.05) is 4.90 Å². The third kappa shape index (κ3) is 3.39. The normalized spacial score (nSPS) is 17.5. The van der Waals surface area contributed by atoms with E-state index in [0.717, 1.165) is 49.2 Å². The lowest BCUT2D eigenvalue weighted by molar-refractivity contribution is 0.0996. The summed E-state index contributed by atoms with van der Waals surface area (Å²) in [6.45, 7) is 7.61. The van der Waals surface area contributed by atoms with Gasteiger partial charge in [0.05, 0.1) is 12.2 Å². The summed E-state index contributed by atoms with van der Waals surface area (Å²) < 4.78 is 1.98. The van der Waals surface area contributed by atoms with Crippen LogP contribution in [0, 0.1) is 0 Å². The molecule has 8 heteroatoms. The van der Waals surface area contributed by atoms with E-state index in [4.69, 9.17) is 15.7 Å². The topological polar surface area (TPSA) is 103 Å². The lowest BCUT2D eigenvalue weighted by Gasteiger charge is -2.17. The van der Waals surface area contributed by atoms with Crippen LogP contribution in [-0.4, -0.2) is 30.6 Å². The molecule has 0 radical (unpaired) electrons. The molecule has 1 atom stereocenters. The van der Waals surface area contributed by atoms with Crippen molar-refractivity contribution >= 4 is 11.7 Å². The summed E-state index contributed by atoms with van der Waals surface area (Å²) in [7, 11) is 0. The van der Waals surface area contributed by atoms with Gasteiger partial charge in [-0.2, -0.15) is 0 Å². The van der Waals surface area contributed by atoms with Crippen LogP contribution in [-0.2, 0) is 18.5 Å². The molecule has 1 amide bonds. The molecule has 0 saturated heterocycles. The molecule has 1 unspecified atom stereocenters. The van der Waals surface area contributed by atoms with Crippen molar-refractivity contribution in [2.45, 2.75) is 71.0 Å². The van der Waals surface area contributed by atoms with Crippen LogP contribution in [0.1, 0.15) is 79.8 Å². The van der Waals surface area contributed by atoms with E-state index in [1.807, 2.05) is 28.8 Å². The van der Waals surface area contributed by atoms with Crippen LogP contribution in [0.4, 0.5) is 5.82 Å². The Balaban J connectivity index is 1.53. The van der Waals surface area contributed by atoms with Crippen molar-refractivity contribution in [3.63, 3.8) is 0 Å². The molecule has 4 heterocycles. The van der Waals surface area contributed by atoms with E-state index < -0.39 is 0 Å². The van der Waals surface area contributed by atoms with Gasteiger partial charge in [-0.3, -0.25) is 14.7 Å². The van der Waals surface area contributed by atoms with Crippen molar-refractivity contribution in [3.8, 4) is 11.5 Å². The highest BCUT2D eigenvalue weighted by Gasteiger charge is 2.43. The molecule has 1 fully saturated rings. The van der Waals surface area contributed by atoms with Gasteiger partial charge < -0.3 is 10.3 Å². The quantitative estimate of drug-likeness (QED) is 0.611. The summed E-state index contributed by atoms with van der Waals surface area (Å²) in [6, 6.07) is 7.47. The van der Waals surface area contributed by atoms with E-state index >= 15 is 0 Å². The second-order valence-electron chi connectivity index (χ2n) is 9.11. The summed E-state index contributed by atoms with van der Waals surface area (Å²) in [4.78, 5) is 25.0. The van der Waals surface area contributed by atoms with Gasteiger partial charge in [-0.05, 0) is 43.9 Å². The summed E-state index contributed by atoms with van der Waals surface area (Å²) in [5.41, 5.74) is 10.7. The van der Waals surface area contributed by atoms with Crippen molar-refractivity contribution in [3.05, 3.63) is 53.1 Å². The van der Waals surface area contributed by atoms with Crippen LogP contribution in [0.3, 0.4) is 0 Å². The molecule has 3 aromatic heterocycles. The van der Waals surface area contributed by atoms with E-state index in [0.29, 0.717) is 29.4 Å². The molecule has 0 bridgehead atoms. The van der Waals surface area contributed by atoms with Gasteiger partial charge >= 0.3 is 0 Å². The number of nitrogens with two attached hydrogens (primary N) is 1. The summed E-state index contributed by atoms with van der Waals surface area (Å²) in [5.74, 6) is 1.26. The number of aromatic nitrogens is 5. The molecule has 166 valence electrons. The number of amides is 1. The first kappa shape index (κ1) is 20.8. The zero-order valence-electron chi connectivity index (χ0n) is 18.9. The Morgan fingerprint density at radius 2 is 2.03 bits per heavy atom. The van der Waals surface area contributed by atoms with Gasteiger partial charge in [-0.1, -0.05) is 26.8 Å². The second-order valence-corrected chi connectivity index (χ2v) is 9.11. The van der Waals surface area contributed by atoms with E-state index in [2.05, 4.69) is 31.0 Å². The number of carbonyl (C=O) groups excluding carboxylic acids is 1. The molecular formula is C24H29N7O. The number of anilines is 1. The number of carbonyl (C=O) groups is 1. The van der Waals surface area contributed by atoms with Crippen molar-refractivity contribution in [1.29, 1.82) is 0 Å². The largest absolute Gasteiger partial charge is 0.323 e. The van der Waals surface area contributed by atoms with Crippen LogP contribution < -0.4 is 10.6 Å². The van der Waals surface area contributed by atoms with Crippen molar-refractivity contribution in [1.82, 2.24) is 24.7 Å². The minimum Gasteiger partial charge on any atom is -0.323 e. The van der Waals surface area contributed by atoms with Gasteiger partial charge in [0, 0.05) is 34.8 Å². The third-order valence-corrected chi connectivity index (χ3v) is 6.68. The highest BCUT2D eigenvalue weighted by molar-refractivity contribution is 6.10. The van der Waals surface area contributed by atoms with Crippen LogP contribution in [0.5, 0.6) is 0 Å². The molecule has 32 heavy (non-hydrogen) atoms. The van der Waals surface area contributed by atoms with E-state index in [1.54, 1.807) is 11.2 Å². The molecule has 1 aliphatic carbocycles. The van der Waals surface area contributed by atoms with Gasteiger partial charge in [0.2, 0.25) is 0 Å². The molecule has 2 N–H and O–H groups in total. The van der Waals surface area contributed by atoms with E-state index in [9.17, 15) is 4.79 Å².